The van der Waals surface area contributed by atoms with Crippen LogP contribution in [0.15, 0.2) is 41.3 Å². The van der Waals surface area contributed by atoms with Crippen LogP contribution in [-0.2, 0) is 10.0 Å². The highest BCUT2D eigenvalue weighted by Crippen LogP contribution is 2.37. The van der Waals surface area contributed by atoms with Crippen molar-refractivity contribution in [1.82, 2.24) is 4.31 Å². The molecule has 4 nitrogen and oxygen atoms in total. The fourth-order valence-corrected chi connectivity index (χ4v) is 5.26. The van der Waals surface area contributed by atoms with Gasteiger partial charge in [0.2, 0.25) is 10.0 Å². The molecule has 1 unspecified atom stereocenters. The van der Waals surface area contributed by atoms with Gasteiger partial charge < -0.3 is 5.73 Å². The first kappa shape index (κ1) is 15.7. The van der Waals surface area contributed by atoms with Crippen molar-refractivity contribution in [2.75, 3.05) is 19.6 Å². The second kappa shape index (κ2) is 5.49. The minimum absolute atomic E-state index is 0.163. The molecule has 0 radical (unpaired) electrons. The van der Waals surface area contributed by atoms with Crippen molar-refractivity contribution in [1.29, 1.82) is 0 Å². The zero-order valence-corrected chi connectivity index (χ0v) is 14.0. The Bertz CT molecular complexity index is 822. The lowest BCUT2D eigenvalue weighted by molar-refractivity contribution is 0.350. The summed E-state index contributed by atoms with van der Waals surface area (Å²) in [5, 5.41) is 1.79. The normalized spacial score (nSPS) is 23.2. The van der Waals surface area contributed by atoms with E-state index in [0.29, 0.717) is 25.0 Å². The first-order chi connectivity index (χ1) is 10.4. The van der Waals surface area contributed by atoms with Crippen LogP contribution in [0.25, 0.3) is 10.8 Å². The first-order valence-electron chi connectivity index (χ1n) is 7.25. The molecule has 118 valence electrons. The summed E-state index contributed by atoms with van der Waals surface area (Å²) < 4.78 is 27.7. The van der Waals surface area contributed by atoms with Crippen LogP contribution in [-0.4, -0.2) is 32.4 Å². The summed E-state index contributed by atoms with van der Waals surface area (Å²) in [5.41, 5.74) is 5.62. The highest BCUT2D eigenvalue weighted by atomic mass is 35.5. The number of halogens is 1. The van der Waals surface area contributed by atoms with E-state index in [1.807, 2.05) is 31.2 Å². The molecule has 1 fully saturated rings. The largest absolute Gasteiger partial charge is 0.330 e. The third-order valence-electron chi connectivity index (χ3n) is 4.45. The monoisotopic (exact) mass is 338 g/mol. The third-order valence-corrected chi connectivity index (χ3v) is 6.82. The van der Waals surface area contributed by atoms with Crippen LogP contribution in [0, 0.1) is 5.41 Å². The molecule has 2 N–H and O–H groups in total. The number of sulfonamides is 1. The number of nitrogens with zero attached hydrogens (tertiary/aromatic N) is 1. The van der Waals surface area contributed by atoms with Gasteiger partial charge in [-0.3, -0.25) is 0 Å². The lowest BCUT2D eigenvalue weighted by atomic mass is 9.90. The lowest BCUT2D eigenvalue weighted by Gasteiger charge is -2.23. The maximum absolute atomic E-state index is 13.1. The Morgan fingerprint density at radius 2 is 2.00 bits per heavy atom. The smallest absolute Gasteiger partial charge is 0.245 e. The number of rotatable bonds is 3. The molecule has 6 heteroatoms. The maximum atomic E-state index is 13.1. The quantitative estimate of drug-likeness (QED) is 0.936. The van der Waals surface area contributed by atoms with Crippen molar-refractivity contribution in [3.63, 3.8) is 0 Å². The Morgan fingerprint density at radius 1 is 1.27 bits per heavy atom. The Kier molecular flexibility index (Phi) is 3.93. The Morgan fingerprint density at radius 3 is 2.68 bits per heavy atom. The highest BCUT2D eigenvalue weighted by Gasteiger charge is 2.40. The molecule has 22 heavy (non-hydrogen) atoms. The van der Waals surface area contributed by atoms with Gasteiger partial charge in [-0.2, -0.15) is 4.31 Å². The Balaban J connectivity index is 2.13. The van der Waals surface area contributed by atoms with Gasteiger partial charge in [-0.25, -0.2) is 8.42 Å². The van der Waals surface area contributed by atoms with Gasteiger partial charge in [-0.1, -0.05) is 48.9 Å². The van der Waals surface area contributed by atoms with Crippen molar-refractivity contribution >= 4 is 32.4 Å². The fourth-order valence-electron chi connectivity index (χ4n) is 2.96. The maximum Gasteiger partial charge on any atom is 0.245 e. The molecule has 0 amide bonds. The number of fused-ring (bicyclic) bond motifs is 1. The van der Waals surface area contributed by atoms with Gasteiger partial charge in [0.1, 0.15) is 4.90 Å². The average Bonchev–Trinajstić information content (AvgIpc) is 2.91. The van der Waals surface area contributed by atoms with E-state index in [9.17, 15) is 8.42 Å². The van der Waals surface area contributed by atoms with Gasteiger partial charge in [-0.15, -0.1) is 0 Å². The molecular formula is C16H19ClN2O2S. The van der Waals surface area contributed by atoms with E-state index in [4.69, 9.17) is 17.3 Å². The third kappa shape index (κ3) is 2.52. The van der Waals surface area contributed by atoms with E-state index in [1.165, 1.54) is 4.31 Å². The van der Waals surface area contributed by atoms with Gasteiger partial charge in [0.15, 0.2) is 0 Å². The van der Waals surface area contributed by atoms with Crippen molar-refractivity contribution in [3.05, 3.63) is 41.4 Å². The predicted molar refractivity (Wildman–Crippen MR) is 89.5 cm³/mol. The van der Waals surface area contributed by atoms with Crippen molar-refractivity contribution in [3.8, 4) is 0 Å². The molecule has 0 saturated carbocycles. The number of hydrogen-bond acceptors (Lipinski definition) is 3. The topological polar surface area (TPSA) is 63.4 Å². The molecule has 0 spiro atoms. The summed E-state index contributed by atoms with van der Waals surface area (Å²) in [4.78, 5) is 0.202. The number of benzene rings is 2. The zero-order valence-electron chi connectivity index (χ0n) is 12.4. The van der Waals surface area contributed by atoms with Gasteiger partial charge in [-0.05, 0) is 29.8 Å². The van der Waals surface area contributed by atoms with E-state index in [2.05, 4.69) is 0 Å². The van der Waals surface area contributed by atoms with E-state index >= 15 is 0 Å². The molecule has 0 aliphatic carbocycles. The van der Waals surface area contributed by atoms with E-state index < -0.39 is 10.0 Å². The van der Waals surface area contributed by atoms with E-state index in [1.54, 1.807) is 12.1 Å². The number of hydrogen-bond donors (Lipinski definition) is 1. The molecule has 2 aromatic rings. The molecule has 1 heterocycles. The molecule has 3 rings (SSSR count). The molecular weight excluding hydrogens is 320 g/mol. The van der Waals surface area contributed by atoms with E-state index in [0.717, 1.165) is 11.8 Å². The molecule has 1 atom stereocenters. The lowest BCUT2D eigenvalue weighted by Crippen LogP contribution is -2.34. The zero-order chi connectivity index (χ0) is 16.0. The van der Waals surface area contributed by atoms with Gasteiger partial charge in [0.25, 0.3) is 0 Å². The fraction of sp³-hybridized carbons (Fsp3) is 0.375. The number of nitrogens with two attached hydrogens (primary N) is 1. The molecule has 1 aliphatic heterocycles. The summed E-state index contributed by atoms with van der Waals surface area (Å²) in [6.45, 7) is 3.41. The molecule has 0 aromatic heterocycles. The van der Waals surface area contributed by atoms with Crippen LogP contribution in [0.4, 0.5) is 0 Å². The van der Waals surface area contributed by atoms with Gasteiger partial charge in [0, 0.05) is 18.5 Å². The van der Waals surface area contributed by atoms with Crippen molar-refractivity contribution in [2.45, 2.75) is 18.2 Å². The highest BCUT2D eigenvalue weighted by molar-refractivity contribution is 7.89. The molecule has 0 bridgehead atoms. The molecule has 1 aliphatic rings. The Labute approximate surface area is 135 Å². The van der Waals surface area contributed by atoms with Gasteiger partial charge >= 0.3 is 0 Å². The standard InChI is InChI=1S/C16H19ClN2O2S/c1-16(10-18)8-9-19(11-16)22(20,21)15-13-5-3-2-4-12(13)6-7-14(15)17/h2-7H,8-11,18H2,1H3. The summed E-state index contributed by atoms with van der Waals surface area (Å²) >= 11 is 6.24. The summed E-state index contributed by atoms with van der Waals surface area (Å²) in [5.74, 6) is 0. The van der Waals surface area contributed by atoms with Crippen LogP contribution in [0.1, 0.15) is 13.3 Å². The van der Waals surface area contributed by atoms with Crippen molar-refractivity contribution < 1.29 is 8.42 Å². The summed E-state index contributed by atoms with van der Waals surface area (Å²) in [6.07, 6.45) is 0.769. The molecule has 1 saturated heterocycles. The minimum Gasteiger partial charge on any atom is -0.330 e. The van der Waals surface area contributed by atoms with Crippen LogP contribution in [0.3, 0.4) is 0 Å². The summed E-state index contributed by atoms with van der Waals surface area (Å²) in [7, 11) is -3.63. The second-order valence-corrected chi connectivity index (χ2v) is 8.48. The second-order valence-electron chi connectivity index (χ2n) is 6.20. The summed E-state index contributed by atoms with van der Waals surface area (Å²) in [6, 6.07) is 10.9. The molecule has 2 aromatic carbocycles. The minimum atomic E-state index is -3.63. The SMILES string of the molecule is CC1(CN)CCN(S(=O)(=O)c2c(Cl)ccc3ccccc23)C1. The van der Waals surface area contributed by atoms with Crippen molar-refractivity contribution in [2.24, 2.45) is 11.1 Å². The van der Waals surface area contributed by atoms with Gasteiger partial charge in [0.05, 0.1) is 5.02 Å². The van der Waals surface area contributed by atoms with Crippen LogP contribution in [0.2, 0.25) is 5.02 Å². The first-order valence-corrected chi connectivity index (χ1v) is 9.07. The predicted octanol–water partition coefficient (Wildman–Crippen LogP) is 2.85. The van der Waals surface area contributed by atoms with E-state index in [-0.39, 0.29) is 15.3 Å². The van der Waals surface area contributed by atoms with Crippen LogP contribution >= 0.6 is 11.6 Å². The van der Waals surface area contributed by atoms with Crippen LogP contribution < -0.4 is 5.73 Å². The van der Waals surface area contributed by atoms with Crippen LogP contribution in [0.5, 0.6) is 0 Å². The average molecular weight is 339 g/mol. The Hall–Kier alpha value is -1.14.